The molecule has 0 aliphatic heterocycles. The molecular weight excluding hydrogens is 122 g/mol. The van der Waals surface area contributed by atoms with E-state index in [4.69, 9.17) is 0 Å². The summed E-state index contributed by atoms with van der Waals surface area (Å²) < 4.78 is 0. The van der Waals surface area contributed by atoms with Crippen LogP contribution in [0, 0.1) is 6.04 Å². The van der Waals surface area contributed by atoms with E-state index in [1.54, 1.807) is 0 Å². The predicted octanol–water partition coefficient (Wildman–Crippen LogP) is 2.73. The van der Waals surface area contributed by atoms with Crippen molar-refractivity contribution in [3.05, 3.63) is 6.04 Å². The van der Waals surface area contributed by atoms with Crippen molar-refractivity contribution in [2.45, 2.75) is 46.5 Å². The Balaban J connectivity index is 3.09. The summed E-state index contributed by atoms with van der Waals surface area (Å²) in [4.78, 5) is 0. The average molecular weight is 142 g/mol. The van der Waals surface area contributed by atoms with E-state index in [0.717, 1.165) is 6.54 Å². The Kier molecular flexibility index (Phi) is 7.04. The summed E-state index contributed by atoms with van der Waals surface area (Å²) in [5.74, 6) is 0. The second-order valence-electron chi connectivity index (χ2n) is 2.59. The molecule has 0 amide bonds. The summed E-state index contributed by atoms with van der Waals surface area (Å²) in [7, 11) is 0. The highest BCUT2D eigenvalue weighted by Gasteiger charge is 2.00. The Morgan fingerprint density at radius 2 is 1.70 bits per heavy atom. The minimum absolute atomic E-state index is 1.16. The van der Waals surface area contributed by atoms with Crippen molar-refractivity contribution in [2.75, 3.05) is 6.54 Å². The zero-order valence-corrected chi connectivity index (χ0v) is 7.54. The van der Waals surface area contributed by atoms with Gasteiger partial charge in [0.15, 0.2) is 0 Å². The van der Waals surface area contributed by atoms with Crippen LogP contribution in [0.5, 0.6) is 0 Å². The predicted molar refractivity (Wildman–Crippen MR) is 46.7 cm³/mol. The van der Waals surface area contributed by atoms with Crippen molar-refractivity contribution in [3.63, 3.8) is 0 Å². The van der Waals surface area contributed by atoms with Gasteiger partial charge in [0.05, 0.1) is 0 Å². The Labute approximate surface area is 65.2 Å². The summed E-state index contributed by atoms with van der Waals surface area (Å²) >= 11 is 0. The quantitative estimate of drug-likeness (QED) is 0.562. The lowest BCUT2D eigenvalue weighted by atomic mass is 10.1. The molecule has 0 bridgehead atoms. The Hall–Kier alpha value is -0.0400. The molecule has 1 heteroatoms. The van der Waals surface area contributed by atoms with Gasteiger partial charge in [-0.15, -0.1) is 0 Å². The van der Waals surface area contributed by atoms with Crippen LogP contribution in [0.15, 0.2) is 0 Å². The first-order valence-corrected chi connectivity index (χ1v) is 4.43. The van der Waals surface area contributed by atoms with Crippen molar-refractivity contribution in [3.8, 4) is 0 Å². The maximum atomic E-state index is 3.44. The molecule has 1 nitrogen and oxygen atoms in total. The van der Waals surface area contributed by atoms with Gasteiger partial charge in [0.1, 0.15) is 0 Å². The molecule has 61 valence electrons. The van der Waals surface area contributed by atoms with Crippen LogP contribution in [0.2, 0.25) is 0 Å². The maximum absolute atomic E-state index is 3.44. The minimum atomic E-state index is 1.16. The first-order valence-electron chi connectivity index (χ1n) is 4.43. The van der Waals surface area contributed by atoms with Crippen LogP contribution in [-0.2, 0) is 0 Å². The Morgan fingerprint density at radius 1 is 1.10 bits per heavy atom. The van der Waals surface area contributed by atoms with E-state index in [-0.39, 0.29) is 0 Å². The maximum Gasteiger partial charge on any atom is 0.0358 e. The molecule has 0 atom stereocenters. The summed E-state index contributed by atoms with van der Waals surface area (Å²) in [5, 5.41) is 3.44. The van der Waals surface area contributed by atoms with Crippen molar-refractivity contribution < 1.29 is 0 Å². The standard InChI is InChI=1S/C9H20N/c1-4-7-8-10-9(5-2)6-3/h10H,4-8H2,1-3H3. The van der Waals surface area contributed by atoms with E-state index < -0.39 is 0 Å². The van der Waals surface area contributed by atoms with Crippen LogP contribution in [-0.4, -0.2) is 6.54 Å². The van der Waals surface area contributed by atoms with Crippen molar-refractivity contribution in [1.82, 2.24) is 5.32 Å². The van der Waals surface area contributed by atoms with E-state index in [1.807, 2.05) is 0 Å². The third-order valence-electron chi connectivity index (χ3n) is 1.76. The molecule has 1 radical (unpaired) electrons. The molecule has 0 aliphatic rings. The second-order valence-corrected chi connectivity index (χ2v) is 2.59. The molecular formula is C9H20N. The van der Waals surface area contributed by atoms with Crippen LogP contribution in [0.3, 0.4) is 0 Å². The van der Waals surface area contributed by atoms with E-state index in [2.05, 4.69) is 26.1 Å². The lowest BCUT2D eigenvalue weighted by Crippen LogP contribution is -2.20. The second kappa shape index (κ2) is 7.07. The van der Waals surface area contributed by atoms with Gasteiger partial charge in [0.25, 0.3) is 0 Å². The first-order chi connectivity index (χ1) is 4.85. The normalized spacial score (nSPS) is 10.8. The fourth-order valence-electron chi connectivity index (χ4n) is 0.942. The molecule has 0 fully saturated rings. The molecule has 0 heterocycles. The summed E-state index contributed by atoms with van der Waals surface area (Å²) in [5.41, 5.74) is 0. The van der Waals surface area contributed by atoms with Gasteiger partial charge < -0.3 is 5.32 Å². The number of unbranched alkanes of at least 4 members (excludes halogenated alkanes) is 1. The molecule has 0 spiro atoms. The smallest absolute Gasteiger partial charge is 0.0358 e. The molecule has 0 saturated carbocycles. The largest absolute Gasteiger partial charge is 0.310 e. The summed E-state index contributed by atoms with van der Waals surface area (Å²) in [6.07, 6.45) is 4.94. The Bertz CT molecular complexity index is 57.7. The van der Waals surface area contributed by atoms with Crippen molar-refractivity contribution >= 4 is 0 Å². The lowest BCUT2D eigenvalue weighted by Gasteiger charge is -2.12. The minimum Gasteiger partial charge on any atom is -0.310 e. The van der Waals surface area contributed by atoms with Crippen LogP contribution in [0.25, 0.3) is 0 Å². The monoisotopic (exact) mass is 142 g/mol. The van der Waals surface area contributed by atoms with Gasteiger partial charge in [0.2, 0.25) is 0 Å². The number of hydrogen-bond donors (Lipinski definition) is 1. The molecule has 0 aromatic heterocycles. The van der Waals surface area contributed by atoms with Gasteiger partial charge in [-0.3, -0.25) is 0 Å². The zero-order valence-electron chi connectivity index (χ0n) is 7.54. The van der Waals surface area contributed by atoms with Gasteiger partial charge >= 0.3 is 0 Å². The molecule has 10 heavy (non-hydrogen) atoms. The third kappa shape index (κ3) is 4.80. The van der Waals surface area contributed by atoms with Gasteiger partial charge in [-0.2, -0.15) is 0 Å². The zero-order chi connectivity index (χ0) is 7.82. The number of nitrogens with one attached hydrogen (secondary N) is 1. The fraction of sp³-hybridized carbons (Fsp3) is 0.889. The highest BCUT2D eigenvalue weighted by molar-refractivity contribution is 4.82. The molecule has 0 aromatic rings. The summed E-state index contributed by atoms with van der Waals surface area (Å²) in [6, 6.07) is 1.49. The van der Waals surface area contributed by atoms with Gasteiger partial charge in [-0.1, -0.05) is 27.2 Å². The van der Waals surface area contributed by atoms with Crippen LogP contribution >= 0.6 is 0 Å². The topological polar surface area (TPSA) is 12.0 Å². The lowest BCUT2D eigenvalue weighted by molar-refractivity contribution is 0.592. The number of hydrogen-bond acceptors (Lipinski definition) is 1. The first kappa shape index (κ1) is 9.96. The summed E-state index contributed by atoms with van der Waals surface area (Å²) in [6.45, 7) is 7.79. The van der Waals surface area contributed by atoms with E-state index >= 15 is 0 Å². The molecule has 0 unspecified atom stereocenters. The number of rotatable bonds is 6. The van der Waals surface area contributed by atoms with Gasteiger partial charge in [0, 0.05) is 6.04 Å². The average Bonchev–Trinajstić information content (AvgIpc) is 1.99. The molecule has 0 saturated heterocycles. The molecule has 1 N–H and O–H groups in total. The third-order valence-corrected chi connectivity index (χ3v) is 1.76. The van der Waals surface area contributed by atoms with E-state index in [1.165, 1.54) is 31.7 Å². The fourth-order valence-corrected chi connectivity index (χ4v) is 0.942. The van der Waals surface area contributed by atoms with E-state index in [0.29, 0.717) is 0 Å². The van der Waals surface area contributed by atoms with Crippen molar-refractivity contribution in [2.24, 2.45) is 0 Å². The van der Waals surface area contributed by atoms with Crippen LogP contribution < -0.4 is 5.32 Å². The highest BCUT2D eigenvalue weighted by Crippen LogP contribution is 2.04. The Morgan fingerprint density at radius 3 is 2.10 bits per heavy atom. The SMILES string of the molecule is CCCCN[C](CC)CC. The van der Waals surface area contributed by atoms with Crippen molar-refractivity contribution in [1.29, 1.82) is 0 Å². The van der Waals surface area contributed by atoms with E-state index in [9.17, 15) is 0 Å². The molecule has 0 aromatic carbocycles. The van der Waals surface area contributed by atoms with Crippen LogP contribution in [0.1, 0.15) is 46.5 Å². The molecule has 0 aliphatic carbocycles. The highest BCUT2D eigenvalue weighted by atomic mass is 14.9. The van der Waals surface area contributed by atoms with Crippen LogP contribution in [0.4, 0.5) is 0 Å². The van der Waals surface area contributed by atoms with Gasteiger partial charge in [-0.05, 0) is 25.8 Å². The van der Waals surface area contributed by atoms with Gasteiger partial charge in [-0.25, -0.2) is 0 Å². The molecule has 0 rings (SSSR count).